The summed E-state index contributed by atoms with van der Waals surface area (Å²) in [5.41, 5.74) is 9.36. The molecule has 0 atom stereocenters. The normalized spacial score (nSPS) is 12.1. The van der Waals surface area contributed by atoms with Crippen LogP contribution in [-0.2, 0) is 0 Å². The van der Waals surface area contributed by atoms with Crippen molar-refractivity contribution in [2.75, 3.05) is 11.4 Å². The highest BCUT2D eigenvalue weighted by Gasteiger charge is 2.23. The minimum absolute atomic E-state index is 0.0206. The van der Waals surface area contributed by atoms with E-state index in [1.165, 1.54) is 0 Å². The lowest BCUT2D eigenvalue weighted by atomic mass is 9.64. The first kappa shape index (κ1) is 37.4. The van der Waals surface area contributed by atoms with Gasteiger partial charge in [-0.1, -0.05) is 173 Å². The van der Waals surface area contributed by atoms with Crippen LogP contribution in [-0.4, -0.2) is 61.5 Å². The van der Waals surface area contributed by atoms with Gasteiger partial charge in [0.25, 0.3) is 0 Å². The molecule has 55 heavy (non-hydrogen) atoms. The van der Waals surface area contributed by atoms with Gasteiger partial charge in [0.15, 0.2) is 0 Å². The lowest BCUT2D eigenvalue weighted by Crippen LogP contribution is -2.47. The van der Waals surface area contributed by atoms with Gasteiger partial charge in [-0.2, -0.15) is 0 Å². The zero-order valence-electron chi connectivity index (χ0n) is 30.2. The molecule has 0 amide bonds. The van der Waals surface area contributed by atoms with E-state index in [9.17, 15) is 0 Å². The standard InChI is InChI=1S/C47H28B7N/c1-2-37(48)40(33-25-26-34(29-15-6-3-7-16-29)36(27-33)31-17-8-4-9-18-31)42(50)38(49)28-55(39-24-14-22-30-19-12-13-23-35(30)39)47-45(53)43(51)41(44(52)46(47)54)32-20-10-5-11-21-32/h1,3-27H,28H2/b40-37+,42-38-. The van der Waals surface area contributed by atoms with Crippen LogP contribution in [0.4, 0.5) is 11.4 Å². The van der Waals surface area contributed by atoms with Gasteiger partial charge in [0.05, 0.1) is 0 Å². The van der Waals surface area contributed by atoms with Crippen molar-refractivity contribution in [2.24, 2.45) is 0 Å². The van der Waals surface area contributed by atoms with Gasteiger partial charge < -0.3 is 4.90 Å². The molecule has 0 N–H and O–H groups in total. The number of anilines is 2. The number of fused-ring (bicyclic) bond motifs is 1. The van der Waals surface area contributed by atoms with Crippen LogP contribution < -0.4 is 26.8 Å². The fourth-order valence-corrected chi connectivity index (χ4v) is 7.12. The van der Waals surface area contributed by atoms with Crippen molar-refractivity contribution in [3.05, 3.63) is 174 Å². The molecular formula is C47H28B7N. The van der Waals surface area contributed by atoms with Crippen molar-refractivity contribution in [1.29, 1.82) is 0 Å². The van der Waals surface area contributed by atoms with Crippen LogP contribution in [0.5, 0.6) is 0 Å². The third-order valence-electron chi connectivity index (χ3n) is 9.87. The Bertz CT molecular complexity index is 2610. The summed E-state index contributed by atoms with van der Waals surface area (Å²) in [5.74, 6) is 2.60. The number of rotatable bonds is 9. The second kappa shape index (κ2) is 16.2. The van der Waals surface area contributed by atoms with Crippen LogP contribution in [0.25, 0.3) is 49.7 Å². The minimum atomic E-state index is 0.0206. The lowest BCUT2D eigenvalue weighted by molar-refractivity contribution is 1.10. The molecule has 0 aliphatic heterocycles. The van der Waals surface area contributed by atoms with Crippen LogP contribution >= 0.6 is 0 Å². The highest BCUT2D eigenvalue weighted by atomic mass is 15.1. The molecule has 7 rings (SSSR count). The molecule has 7 aromatic carbocycles. The SMILES string of the molecule is [B]/C(CN(c1c([B])c([B])c(-c2ccccc2)c([B])c1[B])c1cccc2ccccc12)=C([B])/C(=C(/[B])C#C)c1ccc(-c2ccccc2)c(-c2ccccc2)c1. The second-order valence-electron chi connectivity index (χ2n) is 13.2. The zero-order chi connectivity index (χ0) is 38.6. The first-order valence-corrected chi connectivity index (χ1v) is 17.7. The Labute approximate surface area is 333 Å². The molecule has 242 valence electrons. The largest absolute Gasteiger partial charge is 0.339 e. The summed E-state index contributed by atoms with van der Waals surface area (Å²) >= 11 is 0. The summed E-state index contributed by atoms with van der Waals surface area (Å²) < 4.78 is 0. The second-order valence-corrected chi connectivity index (χ2v) is 13.2. The number of allylic oxidation sites excluding steroid dienone is 3. The highest BCUT2D eigenvalue weighted by Crippen LogP contribution is 2.38. The Morgan fingerprint density at radius 2 is 1.07 bits per heavy atom. The molecule has 0 heterocycles. The summed E-state index contributed by atoms with van der Waals surface area (Å²) in [4.78, 5) is 1.90. The molecule has 0 aromatic heterocycles. The number of hydrogen-bond acceptors (Lipinski definition) is 1. The molecule has 14 radical (unpaired) electrons. The third kappa shape index (κ3) is 7.33. The summed E-state index contributed by atoms with van der Waals surface area (Å²) in [6.07, 6.45) is 5.98. The summed E-state index contributed by atoms with van der Waals surface area (Å²) in [5, 5.41) is 1.91. The van der Waals surface area contributed by atoms with Gasteiger partial charge >= 0.3 is 0 Å². The fraction of sp³-hybridized carbons (Fsp3) is 0.0213. The van der Waals surface area contributed by atoms with E-state index in [-0.39, 0.29) is 44.8 Å². The monoisotopic (exact) mass is 683 g/mol. The summed E-state index contributed by atoms with van der Waals surface area (Å²) in [6.45, 7) is 0.0206. The predicted molar refractivity (Wildman–Crippen MR) is 242 cm³/mol. The van der Waals surface area contributed by atoms with Crippen molar-refractivity contribution in [3.63, 3.8) is 0 Å². The Balaban J connectivity index is 1.41. The van der Waals surface area contributed by atoms with E-state index in [0.717, 1.165) is 44.3 Å². The van der Waals surface area contributed by atoms with Crippen LogP contribution in [0, 0.1) is 12.3 Å². The third-order valence-corrected chi connectivity index (χ3v) is 9.87. The van der Waals surface area contributed by atoms with Gasteiger partial charge in [0.1, 0.15) is 54.9 Å². The number of nitrogens with zero attached hydrogens (tertiary/aromatic N) is 1. The first-order chi connectivity index (χ1) is 26.7. The van der Waals surface area contributed by atoms with Crippen LogP contribution in [0.2, 0.25) is 0 Å². The molecule has 0 aliphatic rings. The topological polar surface area (TPSA) is 3.24 Å². The van der Waals surface area contributed by atoms with Crippen molar-refractivity contribution in [3.8, 4) is 45.7 Å². The molecule has 0 spiro atoms. The van der Waals surface area contributed by atoms with Gasteiger partial charge in [-0.3, -0.25) is 0 Å². The lowest BCUT2D eigenvalue weighted by Gasteiger charge is -2.34. The fourth-order valence-electron chi connectivity index (χ4n) is 7.12. The molecule has 0 saturated heterocycles. The van der Waals surface area contributed by atoms with E-state index in [0.29, 0.717) is 22.4 Å². The van der Waals surface area contributed by atoms with E-state index < -0.39 is 0 Å². The number of hydrogen-bond donors (Lipinski definition) is 0. The van der Waals surface area contributed by atoms with Crippen LogP contribution in [0.3, 0.4) is 0 Å². The molecule has 0 fully saturated rings. The Kier molecular flexibility index (Phi) is 11.0. The maximum Gasteiger partial charge on any atom is 0.127 e. The minimum Gasteiger partial charge on any atom is -0.339 e. The van der Waals surface area contributed by atoms with Crippen molar-refractivity contribution in [1.82, 2.24) is 0 Å². The zero-order valence-corrected chi connectivity index (χ0v) is 30.2. The molecule has 0 aliphatic carbocycles. The van der Waals surface area contributed by atoms with Gasteiger partial charge in [-0.25, -0.2) is 0 Å². The van der Waals surface area contributed by atoms with Gasteiger partial charge in [0, 0.05) is 23.3 Å². The maximum absolute atomic E-state index is 7.05. The Hall–Kier alpha value is -5.91. The molecule has 0 saturated carbocycles. The van der Waals surface area contributed by atoms with E-state index in [2.05, 4.69) is 30.2 Å². The van der Waals surface area contributed by atoms with E-state index >= 15 is 0 Å². The van der Waals surface area contributed by atoms with E-state index in [1.54, 1.807) is 0 Å². The molecule has 1 nitrogen and oxygen atoms in total. The van der Waals surface area contributed by atoms with E-state index in [4.69, 9.17) is 61.3 Å². The van der Waals surface area contributed by atoms with Crippen LogP contribution in [0.1, 0.15) is 5.56 Å². The quantitative estimate of drug-likeness (QED) is 0.104. The Morgan fingerprint density at radius 1 is 0.545 bits per heavy atom. The molecular weight excluding hydrogens is 654 g/mol. The molecule has 0 bridgehead atoms. The maximum atomic E-state index is 7.05. The first-order valence-electron chi connectivity index (χ1n) is 17.7. The van der Waals surface area contributed by atoms with Crippen molar-refractivity contribution < 1.29 is 0 Å². The highest BCUT2D eigenvalue weighted by molar-refractivity contribution is 6.63. The molecule has 7 aromatic rings. The predicted octanol–water partition coefficient (Wildman–Crippen LogP) is 5.92. The van der Waals surface area contributed by atoms with E-state index in [1.807, 2.05) is 132 Å². The number of terminal acetylenes is 1. The molecule has 8 heteroatoms. The van der Waals surface area contributed by atoms with Gasteiger partial charge in [0.2, 0.25) is 0 Å². The molecule has 0 unspecified atom stereocenters. The van der Waals surface area contributed by atoms with Crippen molar-refractivity contribution >= 4 is 104 Å². The number of benzene rings is 7. The average Bonchev–Trinajstić information content (AvgIpc) is 3.23. The van der Waals surface area contributed by atoms with Gasteiger partial charge in [-0.15, -0.1) is 11.9 Å². The van der Waals surface area contributed by atoms with Crippen molar-refractivity contribution in [2.45, 2.75) is 0 Å². The summed E-state index contributed by atoms with van der Waals surface area (Å²) in [6, 6.07) is 49.7. The smallest absolute Gasteiger partial charge is 0.127 e. The Morgan fingerprint density at radius 3 is 1.67 bits per heavy atom. The van der Waals surface area contributed by atoms with Crippen LogP contribution in [0.15, 0.2) is 168 Å². The summed E-state index contributed by atoms with van der Waals surface area (Å²) in [7, 11) is 48.2. The average molecular weight is 682 g/mol. The van der Waals surface area contributed by atoms with Gasteiger partial charge in [-0.05, 0) is 67.5 Å².